The number of methoxy groups -OCH3 is 1. The summed E-state index contributed by atoms with van der Waals surface area (Å²) in [5.74, 6) is 1.19. The van der Waals surface area contributed by atoms with E-state index in [1.165, 1.54) is 0 Å². The molecule has 2 rings (SSSR count). The molecule has 0 aliphatic carbocycles. The van der Waals surface area contributed by atoms with Crippen LogP contribution in [0, 0.1) is 0 Å². The molecule has 2 aromatic rings. The van der Waals surface area contributed by atoms with E-state index in [1.807, 2.05) is 19.1 Å². The van der Waals surface area contributed by atoms with Crippen LogP contribution in [0.5, 0.6) is 17.2 Å². The third kappa shape index (κ3) is 7.52. The van der Waals surface area contributed by atoms with Gasteiger partial charge >= 0.3 is 12.1 Å². The number of aryl methyl sites for hydroxylation is 1. The van der Waals surface area contributed by atoms with E-state index in [0.29, 0.717) is 28.0 Å². The van der Waals surface area contributed by atoms with Crippen LogP contribution in [-0.4, -0.2) is 38.9 Å². The highest BCUT2D eigenvalue weighted by Crippen LogP contribution is 2.38. The van der Waals surface area contributed by atoms with Crippen LogP contribution in [0.25, 0.3) is 0 Å². The van der Waals surface area contributed by atoms with Crippen molar-refractivity contribution in [2.45, 2.75) is 26.7 Å². The Kier molecular flexibility index (Phi) is 9.75. The first kappa shape index (κ1) is 24.6. The Hall–Kier alpha value is -2.64. The van der Waals surface area contributed by atoms with Crippen LogP contribution in [0.15, 0.2) is 30.3 Å². The Balaban J connectivity index is 1.95. The summed E-state index contributed by atoms with van der Waals surface area (Å²) in [7, 11) is 1.62. The zero-order valence-corrected chi connectivity index (χ0v) is 19.1. The van der Waals surface area contributed by atoms with E-state index in [9.17, 15) is 9.59 Å². The lowest BCUT2D eigenvalue weighted by molar-refractivity contribution is -0.141. The van der Waals surface area contributed by atoms with Gasteiger partial charge in [-0.15, -0.1) is 0 Å². The molecule has 0 saturated carbocycles. The van der Waals surface area contributed by atoms with Crippen molar-refractivity contribution >= 4 is 35.3 Å². The maximum atomic E-state index is 11.6. The van der Waals surface area contributed by atoms with Crippen LogP contribution in [0.1, 0.15) is 25.0 Å². The first-order chi connectivity index (χ1) is 14.9. The standard InChI is InChI=1S/C22H25Cl2NO6/c1-4-15-12-16(6-7-19(15)28-3)31-21-17(23)10-14(11-18(21)24)8-9-30-22(27)25-13-20(26)29-5-2/h6-7,10-12H,4-5,8-9,13H2,1-3H3,(H,25,27). The molecule has 9 heteroatoms. The lowest BCUT2D eigenvalue weighted by Crippen LogP contribution is -2.31. The van der Waals surface area contributed by atoms with Gasteiger partial charge < -0.3 is 24.3 Å². The van der Waals surface area contributed by atoms with Crippen molar-refractivity contribution < 1.29 is 28.5 Å². The van der Waals surface area contributed by atoms with E-state index >= 15 is 0 Å². The van der Waals surface area contributed by atoms with Gasteiger partial charge in [-0.2, -0.15) is 0 Å². The molecular weight excluding hydrogens is 445 g/mol. The van der Waals surface area contributed by atoms with Crippen molar-refractivity contribution in [3.8, 4) is 17.2 Å². The van der Waals surface area contributed by atoms with Crippen LogP contribution in [0.4, 0.5) is 4.79 Å². The van der Waals surface area contributed by atoms with Crippen LogP contribution in [0.3, 0.4) is 0 Å². The number of carbonyl (C=O) groups is 2. The summed E-state index contributed by atoms with van der Waals surface area (Å²) in [6.45, 7) is 3.79. The fourth-order valence-electron chi connectivity index (χ4n) is 2.74. The minimum absolute atomic E-state index is 0.0832. The molecule has 0 radical (unpaired) electrons. The van der Waals surface area contributed by atoms with Gasteiger partial charge in [0.25, 0.3) is 0 Å². The summed E-state index contributed by atoms with van der Waals surface area (Å²) in [5.41, 5.74) is 1.77. The fraction of sp³-hybridized carbons (Fsp3) is 0.364. The number of amides is 1. The van der Waals surface area contributed by atoms with Crippen LogP contribution < -0.4 is 14.8 Å². The molecule has 7 nitrogen and oxygen atoms in total. The topological polar surface area (TPSA) is 83.1 Å². The van der Waals surface area contributed by atoms with Gasteiger partial charge in [0.15, 0.2) is 5.75 Å². The van der Waals surface area contributed by atoms with Gasteiger partial charge in [0.1, 0.15) is 18.0 Å². The second kappa shape index (κ2) is 12.3. The fourth-order valence-corrected chi connectivity index (χ4v) is 3.35. The molecule has 1 amide bonds. The summed E-state index contributed by atoms with van der Waals surface area (Å²) in [5, 5.41) is 2.99. The van der Waals surface area contributed by atoms with Crippen molar-refractivity contribution in [1.82, 2.24) is 5.32 Å². The molecule has 0 spiro atoms. The Morgan fingerprint density at radius 2 is 1.74 bits per heavy atom. The molecule has 0 unspecified atom stereocenters. The molecule has 0 saturated heterocycles. The molecule has 0 bridgehead atoms. The van der Waals surface area contributed by atoms with Gasteiger partial charge in [0.05, 0.1) is 30.4 Å². The van der Waals surface area contributed by atoms with Crippen molar-refractivity contribution in [3.05, 3.63) is 51.5 Å². The van der Waals surface area contributed by atoms with E-state index in [4.69, 9.17) is 42.1 Å². The second-order valence-electron chi connectivity index (χ2n) is 6.36. The summed E-state index contributed by atoms with van der Waals surface area (Å²) in [6, 6.07) is 8.89. The van der Waals surface area contributed by atoms with Gasteiger partial charge in [0, 0.05) is 6.42 Å². The van der Waals surface area contributed by atoms with Crippen LogP contribution in [-0.2, 0) is 27.1 Å². The molecule has 0 fully saturated rings. The highest BCUT2D eigenvalue weighted by Gasteiger charge is 2.13. The summed E-state index contributed by atoms with van der Waals surface area (Å²) < 4.78 is 21.0. The smallest absolute Gasteiger partial charge is 0.407 e. The summed E-state index contributed by atoms with van der Waals surface area (Å²) in [4.78, 5) is 22.8. The molecule has 0 aromatic heterocycles. The van der Waals surface area contributed by atoms with E-state index < -0.39 is 12.1 Å². The summed E-state index contributed by atoms with van der Waals surface area (Å²) >= 11 is 12.7. The molecule has 168 valence electrons. The number of carbonyl (C=O) groups excluding carboxylic acids is 2. The molecule has 31 heavy (non-hydrogen) atoms. The minimum atomic E-state index is -0.712. The van der Waals surface area contributed by atoms with Gasteiger partial charge in [-0.05, 0) is 54.8 Å². The molecule has 1 N–H and O–H groups in total. The van der Waals surface area contributed by atoms with E-state index in [1.54, 1.807) is 32.2 Å². The zero-order valence-electron chi connectivity index (χ0n) is 17.6. The first-order valence-electron chi connectivity index (χ1n) is 9.76. The highest BCUT2D eigenvalue weighted by molar-refractivity contribution is 6.37. The number of hydrogen-bond acceptors (Lipinski definition) is 6. The predicted molar refractivity (Wildman–Crippen MR) is 119 cm³/mol. The van der Waals surface area contributed by atoms with Crippen LogP contribution >= 0.6 is 23.2 Å². The monoisotopic (exact) mass is 469 g/mol. The van der Waals surface area contributed by atoms with E-state index in [-0.39, 0.29) is 19.8 Å². The van der Waals surface area contributed by atoms with Crippen LogP contribution in [0.2, 0.25) is 10.0 Å². The maximum absolute atomic E-state index is 11.6. The number of benzene rings is 2. The average Bonchev–Trinajstić information content (AvgIpc) is 2.75. The number of halogens is 2. The third-order valence-corrected chi connectivity index (χ3v) is 4.78. The van der Waals surface area contributed by atoms with E-state index in [0.717, 1.165) is 23.3 Å². The number of esters is 1. The number of nitrogens with one attached hydrogen (secondary N) is 1. The lowest BCUT2D eigenvalue weighted by Gasteiger charge is -2.14. The van der Waals surface area contributed by atoms with Crippen molar-refractivity contribution in [1.29, 1.82) is 0 Å². The molecule has 0 heterocycles. The quantitative estimate of drug-likeness (QED) is 0.482. The Bertz CT molecular complexity index is 896. The molecule has 2 aromatic carbocycles. The van der Waals surface area contributed by atoms with Crippen molar-refractivity contribution in [2.24, 2.45) is 0 Å². The van der Waals surface area contributed by atoms with E-state index in [2.05, 4.69) is 5.32 Å². The normalized spacial score (nSPS) is 10.4. The second-order valence-corrected chi connectivity index (χ2v) is 7.18. The molecule has 0 aliphatic heterocycles. The Morgan fingerprint density at radius 1 is 1.03 bits per heavy atom. The van der Waals surface area contributed by atoms with Gasteiger partial charge in [-0.3, -0.25) is 4.79 Å². The summed E-state index contributed by atoms with van der Waals surface area (Å²) in [6.07, 6.45) is 0.458. The van der Waals surface area contributed by atoms with Gasteiger partial charge in [0.2, 0.25) is 0 Å². The average molecular weight is 470 g/mol. The van der Waals surface area contributed by atoms with Gasteiger partial charge in [-0.25, -0.2) is 4.79 Å². The molecule has 0 atom stereocenters. The number of rotatable bonds is 10. The predicted octanol–water partition coefficient (Wildman–Crippen LogP) is 5.19. The molecule has 0 aliphatic rings. The number of ether oxygens (including phenoxy) is 4. The largest absolute Gasteiger partial charge is 0.496 e. The zero-order chi connectivity index (χ0) is 22.8. The number of alkyl carbamates (subject to hydrolysis) is 1. The molecular formula is C22H25Cl2NO6. The minimum Gasteiger partial charge on any atom is -0.496 e. The number of hydrogen-bond donors (Lipinski definition) is 1. The van der Waals surface area contributed by atoms with Gasteiger partial charge in [-0.1, -0.05) is 30.1 Å². The Labute approximate surface area is 191 Å². The highest BCUT2D eigenvalue weighted by atomic mass is 35.5. The van der Waals surface area contributed by atoms with Crippen molar-refractivity contribution in [3.63, 3.8) is 0 Å². The SMILES string of the molecule is CCOC(=O)CNC(=O)OCCc1cc(Cl)c(Oc2ccc(OC)c(CC)c2)c(Cl)c1. The van der Waals surface area contributed by atoms with Crippen molar-refractivity contribution in [2.75, 3.05) is 26.9 Å². The lowest BCUT2D eigenvalue weighted by atomic mass is 10.1. The first-order valence-corrected chi connectivity index (χ1v) is 10.5. The Morgan fingerprint density at radius 3 is 2.35 bits per heavy atom. The maximum Gasteiger partial charge on any atom is 0.407 e. The third-order valence-electron chi connectivity index (χ3n) is 4.22.